The molecule has 6 heteroatoms. The summed E-state index contributed by atoms with van der Waals surface area (Å²) in [6.45, 7) is 0.552. The van der Waals surface area contributed by atoms with Crippen molar-refractivity contribution in [2.24, 2.45) is 0 Å². The first-order valence-corrected chi connectivity index (χ1v) is 7.60. The van der Waals surface area contributed by atoms with Crippen molar-refractivity contribution in [3.05, 3.63) is 30.3 Å². The van der Waals surface area contributed by atoms with Gasteiger partial charge in [-0.1, -0.05) is 18.2 Å². The standard InChI is InChI=1S/C12H16N2O3S/c1-13(11-5-3-2-4-6-11)12(15)14-7-9-18(16,17)10-8-14/h2-6H,7-10H2,1H3. The SMILES string of the molecule is CN(C(=O)N1CCS(=O)(=O)CC1)c1ccccc1. The molecule has 0 N–H and O–H groups in total. The number of urea groups is 1. The first kappa shape index (κ1) is 12.9. The van der Waals surface area contributed by atoms with Crippen LogP contribution in [0.2, 0.25) is 0 Å². The molecule has 0 radical (unpaired) electrons. The van der Waals surface area contributed by atoms with Crippen LogP contribution in [0.4, 0.5) is 10.5 Å². The van der Waals surface area contributed by atoms with E-state index in [9.17, 15) is 13.2 Å². The van der Waals surface area contributed by atoms with Crippen molar-refractivity contribution in [2.75, 3.05) is 36.5 Å². The van der Waals surface area contributed by atoms with E-state index in [1.807, 2.05) is 30.3 Å². The van der Waals surface area contributed by atoms with Crippen LogP contribution in [0.5, 0.6) is 0 Å². The number of amides is 2. The van der Waals surface area contributed by atoms with Gasteiger partial charge in [-0.25, -0.2) is 13.2 Å². The topological polar surface area (TPSA) is 57.7 Å². The third-order valence-electron chi connectivity index (χ3n) is 3.05. The zero-order valence-corrected chi connectivity index (χ0v) is 11.1. The largest absolute Gasteiger partial charge is 0.324 e. The number of anilines is 1. The summed E-state index contributed by atoms with van der Waals surface area (Å²) >= 11 is 0. The van der Waals surface area contributed by atoms with Crippen molar-refractivity contribution >= 4 is 21.6 Å². The Morgan fingerprint density at radius 3 is 2.28 bits per heavy atom. The molecule has 1 heterocycles. The molecule has 0 aliphatic carbocycles. The monoisotopic (exact) mass is 268 g/mol. The van der Waals surface area contributed by atoms with Crippen LogP contribution in [0.15, 0.2) is 30.3 Å². The average Bonchev–Trinajstić information content (AvgIpc) is 2.38. The van der Waals surface area contributed by atoms with E-state index < -0.39 is 9.84 Å². The Balaban J connectivity index is 2.05. The number of carbonyl (C=O) groups excluding carboxylic acids is 1. The summed E-state index contributed by atoms with van der Waals surface area (Å²) in [7, 11) is -1.26. The van der Waals surface area contributed by atoms with Crippen molar-refractivity contribution in [3.63, 3.8) is 0 Å². The molecule has 18 heavy (non-hydrogen) atoms. The molecular weight excluding hydrogens is 252 g/mol. The van der Waals surface area contributed by atoms with Gasteiger partial charge in [-0.05, 0) is 12.1 Å². The predicted octanol–water partition coefficient (Wildman–Crippen LogP) is 0.973. The van der Waals surface area contributed by atoms with E-state index in [0.717, 1.165) is 5.69 Å². The van der Waals surface area contributed by atoms with E-state index >= 15 is 0 Å². The normalized spacial score (nSPS) is 18.4. The number of sulfone groups is 1. The highest BCUT2D eigenvalue weighted by atomic mass is 32.2. The van der Waals surface area contributed by atoms with Gasteiger partial charge in [0.15, 0.2) is 9.84 Å². The van der Waals surface area contributed by atoms with Crippen LogP contribution in [0.25, 0.3) is 0 Å². The lowest BCUT2D eigenvalue weighted by molar-refractivity contribution is 0.210. The second kappa shape index (κ2) is 4.97. The van der Waals surface area contributed by atoms with Gasteiger partial charge in [-0.3, -0.25) is 4.90 Å². The summed E-state index contributed by atoms with van der Waals surface area (Å²) in [6.07, 6.45) is 0. The van der Waals surface area contributed by atoms with Crippen LogP contribution in [0, 0.1) is 0 Å². The number of nitrogens with zero attached hydrogens (tertiary/aromatic N) is 2. The van der Waals surface area contributed by atoms with Gasteiger partial charge in [0.2, 0.25) is 0 Å². The Kier molecular flexibility index (Phi) is 3.56. The fourth-order valence-corrected chi connectivity index (χ4v) is 3.08. The molecule has 2 amide bonds. The Labute approximate surface area is 107 Å². The lowest BCUT2D eigenvalue weighted by Crippen LogP contribution is -2.48. The maximum Gasteiger partial charge on any atom is 0.324 e. The highest BCUT2D eigenvalue weighted by molar-refractivity contribution is 7.91. The molecule has 1 fully saturated rings. The molecule has 0 unspecified atom stereocenters. The molecule has 1 aromatic rings. The summed E-state index contributed by atoms with van der Waals surface area (Å²) in [5.74, 6) is 0.114. The van der Waals surface area contributed by atoms with Gasteiger partial charge in [0.25, 0.3) is 0 Å². The van der Waals surface area contributed by atoms with E-state index in [4.69, 9.17) is 0 Å². The smallest absolute Gasteiger partial charge is 0.322 e. The highest BCUT2D eigenvalue weighted by Gasteiger charge is 2.27. The fourth-order valence-electron chi connectivity index (χ4n) is 1.88. The minimum Gasteiger partial charge on any atom is -0.322 e. The Bertz CT molecular complexity index is 514. The minimum atomic E-state index is -2.95. The quantitative estimate of drug-likeness (QED) is 0.762. The Hall–Kier alpha value is -1.56. The molecule has 1 aliphatic rings. The third kappa shape index (κ3) is 2.81. The first-order valence-electron chi connectivity index (χ1n) is 5.78. The lowest BCUT2D eigenvalue weighted by Gasteiger charge is -2.30. The summed E-state index contributed by atoms with van der Waals surface area (Å²) < 4.78 is 22.6. The summed E-state index contributed by atoms with van der Waals surface area (Å²) in [5, 5.41) is 0. The molecule has 0 aromatic heterocycles. The van der Waals surface area contributed by atoms with E-state index in [0.29, 0.717) is 0 Å². The van der Waals surface area contributed by atoms with Crippen molar-refractivity contribution in [1.29, 1.82) is 0 Å². The van der Waals surface area contributed by atoms with Gasteiger partial charge >= 0.3 is 6.03 Å². The molecule has 2 rings (SSSR count). The van der Waals surface area contributed by atoms with E-state index in [-0.39, 0.29) is 30.6 Å². The molecule has 0 saturated carbocycles. The second-order valence-corrected chi connectivity index (χ2v) is 6.62. The lowest BCUT2D eigenvalue weighted by atomic mass is 10.3. The molecule has 0 spiro atoms. The van der Waals surface area contributed by atoms with Crippen LogP contribution in [0.3, 0.4) is 0 Å². The molecule has 0 atom stereocenters. The van der Waals surface area contributed by atoms with Gasteiger partial charge < -0.3 is 4.90 Å². The number of hydrogen-bond acceptors (Lipinski definition) is 3. The van der Waals surface area contributed by atoms with E-state index in [1.165, 1.54) is 4.90 Å². The average molecular weight is 268 g/mol. The number of rotatable bonds is 1. The Morgan fingerprint density at radius 1 is 1.17 bits per heavy atom. The van der Waals surface area contributed by atoms with Crippen LogP contribution in [-0.2, 0) is 9.84 Å². The van der Waals surface area contributed by atoms with Gasteiger partial charge in [0.1, 0.15) is 0 Å². The summed E-state index contributed by atoms with van der Waals surface area (Å²) in [5.41, 5.74) is 0.802. The molecule has 98 valence electrons. The van der Waals surface area contributed by atoms with Crippen molar-refractivity contribution in [1.82, 2.24) is 4.90 Å². The van der Waals surface area contributed by atoms with Crippen molar-refractivity contribution in [3.8, 4) is 0 Å². The fraction of sp³-hybridized carbons (Fsp3) is 0.417. The number of benzene rings is 1. The van der Waals surface area contributed by atoms with Crippen LogP contribution >= 0.6 is 0 Å². The molecule has 5 nitrogen and oxygen atoms in total. The molecular formula is C12H16N2O3S. The third-order valence-corrected chi connectivity index (χ3v) is 4.65. The molecule has 0 bridgehead atoms. The second-order valence-electron chi connectivity index (χ2n) is 4.32. The zero-order valence-electron chi connectivity index (χ0n) is 10.2. The van der Waals surface area contributed by atoms with Gasteiger partial charge in [-0.2, -0.15) is 0 Å². The van der Waals surface area contributed by atoms with Crippen LogP contribution < -0.4 is 4.90 Å². The number of hydrogen-bond donors (Lipinski definition) is 0. The number of para-hydroxylation sites is 1. The molecule has 1 saturated heterocycles. The minimum absolute atomic E-state index is 0.0569. The summed E-state index contributed by atoms with van der Waals surface area (Å²) in [6, 6.07) is 9.14. The zero-order chi connectivity index (χ0) is 13.2. The van der Waals surface area contributed by atoms with Crippen molar-refractivity contribution < 1.29 is 13.2 Å². The van der Waals surface area contributed by atoms with Crippen LogP contribution in [-0.4, -0.2) is 51.0 Å². The van der Waals surface area contributed by atoms with E-state index in [2.05, 4.69) is 0 Å². The first-order chi connectivity index (χ1) is 8.49. The summed E-state index contributed by atoms with van der Waals surface area (Å²) in [4.78, 5) is 15.3. The van der Waals surface area contributed by atoms with Gasteiger partial charge in [0.05, 0.1) is 11.5 Å². The molecule has 1 aromatic carbocycles. The Morgan fingerprint density at radius 2 is 1.72 bits per heavy atom. The number of carbonyl (C=O) groups is 1. The maximum atomic E-state index is 12.2. The van der Waals surface area contributed by atoms with Gasteiger partial charge in [0, 0.05) is 25.8 Å². The van der Waals surface area contributed by atoms with E-state index in [1.54, 1.807) is 11.9 Å². The predicted molar refractivity (Wildman–Crippen MR) is 70.5 cm³/mol. The van der Waals surface area contributed by atoms with Crippen molar-refractivity contribution in [2.45, 2.75) is 0 Å². The van der Waals surface area contributed by atoms with Crippen LogP contribution in [0.1, 0.15) is 0 Å². The van der Waals surface area contributed by atoms with Gasteiger partial charge in [-0.15, -0.1) is 0 Å². The highest BCUT2D eigenvalue weighted by Crippen LogP contribution is 2.14. The maximum absolute atomic E-state index is 12.2. The molecule has 1 aliphatic heterocycles.